The second-order valence-electron chi connectivity index (χ2n) is 2.56. The summed E-state index contributed by atoms with van der Waals surface area (Å²) in [6.45, 7) is 0.980. The number of rotatable bonds is 1. The summed E-state index contributed by atoms with van der Waals surface area (Å²) >= 11 is 0. The Morgan fingerprint density at radius 1 is 1.54 bits per heavy atom. The Kier molecular flexibility index (Phi) is 5.45. The molecule has 0 aromatic rings. The van der Waals surface area contributed by atoms with E-state index < -0.39 is 12.1 Å². The van der Waals surface area contributed by atoms with Crippen molar-refractivity contribution < 1.29 is 22.7 Å². The maximum absolute atomic E-state index is 11.7. The molecule has 1 heterocycles. The number of ether oxygens (including phenoxy) is 1. The standard InChI is InChI=1S/C5H8F3N.C2H4O2/c6-5(7,8)4-1-2-9-3-4;1-4-2-3/h4,9H,1-3H2;2H,1H3. The SMILES string of the molecule is COC=O.FC(F)(F)C1CCNC1. The normalized spacial score (nSPS) is 21.7. The van der Waals surface area contributed by atoms with Crippen LogP contribution >= 0.6 is 0 Å². The van der Waals surface area contributed by atoms with Crippen LogP contribution in [0, 0.1) is 5.92 Å². The Bertz CT molecular complexity index is 143. The second kappa shape index (κ2) is 5.80. The molecule has 0 amide bonds. The minimum atomic E-state index is -3.98. The van der Waals surface area contributed by atoms with Crippen LogP contribution in [0.25, 0.3) is 0 Å². The molecule has 3 nitrogen and oxygen atoms in total. The number of methoxy groups -OCH3 is 1. The summed E-state index contributed by atoms with van der Waals surface area (Å²) in [5.41, 5.74) is 0. The molecule has 1 N–H and O–H groups in total. The summed E-state index contributed by atoms with van der Waals surface area (Å²) in [4.78, 5) is 8.95. The molecular formula is C7H12F3NO2. The predicted molar refractivity (Wildman–Crippen MR) is 40.1 cm³/mol. The van der Waals surface area contributed by atoms with Gasteiger partial charge in [0, 0.05) is 6.54 Å². The van der Waals surface area contributed by atoms with E-state index in [1.54, 1.807) is 0 Å². The lowest BCUT2D eigenvalue weighted by Crippen LogP contribution is -2.24. The number of carbonyl (C=O) groups is 1. The van der Waals surface area contributed by atoms with Crippen molar-refractivity contribution in [3.8, 4) is 0 Å². The first-order valence-electron chi connectivity index (χ1n) is 3.76. The van der Waals surface area contributed by atoms with Crippen LogP contribution in [-0.2, 0) is 9.53 Å². The lowest BCUT2D eigenvalue weighted by atomic mass is 10.1. The molecule has 13 heavy (non-hydrogen) atoms. The lowest BCUT2D eigenvalue weighted by Gasteiger charge is -2.11. The Balaban J connectivity index is 0.000000310. The maximum Gasteiger partial charge on any atom is 0.393 e. The summed E-state index contributed by atoms with van der Waals surface area (Å²) in [5, 5.41) is 2.66. The maximum atomic E-state index is 11.7. The molecule has 0 aromatic heterocycles. The average Bonchev–Trinajstić information content (AvgIpc) is 2.55. The van der Waals surface area contributed by atoms with Crippen molar-refractivity contribution in [2.45, 2.75) is 12.6 Å². The van der Waals surface area contributed by atoms with Gasteiger partial charge in [-0.25, -0.2) is 0 Å². The van der Waals surface area contributed by atoms with Crippen LogP contribution in [-0.4, -0.2) is 32.8 Å². The van der Waals surface area contributed by atoms with Crippen molar-refractivity contribution >= 4 is 6.47 Å². The molecule has 0 aromatic carbocycles. The highest BCUT2D eigenvalue weighted by atomic mass is 19.4. The molecule has 0 aliphatic carbocycles. The Morgan fingerprint density at radius 2 is 2.08 bits per heavy atom. The van der Waals surface area contributed by atoms with Gasteiger partial charge in [-0.05, 0) is 13.0 Å². The van der Waals surface area contributed by atoms with E-state index in [9.17, 15) is 13.2 Å². The number of hydrogen-bond acceptors (Lipinski definition) is 3. The van der Waals surface area contributed by atoms with Gasteiger partial charge in [0.1, 0.15) is 0 Å². The lowest BCUT2D eigenvalue weighted by molar-refractivity contribution is -0.168. The smallest absolute Gasteiger partial charge is 0.393 e. The minimum Gasteiger partial charge on any atom is -0.471 e. The molecule has 0 bridgehead atoms. The number of nitrogens with one attached hydrogen (secondary N) is 1. The number of carbonyl (C=O) groups excluding carboxylic acids is 1. The molecule has 1 aliphatic heterocycles. The zero-order valence-corrected chi connectivity index (χ0v) is 7.23. The summed E-state index contributed by atoms with van der Waals surface area (Å²) < 4.78 is 39.0. The monoisotopic (exact) mass is 199 g/mol. The molecule has 6 heteroatoms. The molecular weight excluding hydrogens is 187 g/mol. The molecule has 0 saturated carbocycles. The van der Waals surface area contributed by atoms with E-state index in [0.717, 1.165) is 0 Å². The first-order chi connectivity index (χ1) is 6.02. The highest BCUT2D eigenvalue weighted by molar-refractivity contribution is 5.36. The molecule has 1 atom stereocenters. The quantitative estimate of drug-likeness (QED) is 0.639. The van der Waals surface area contributed by atoms with Crippen LogP contribution in [0.2, 0.25) is 0 Å². The fourth-order valence-electron chi connectivity index (χ4n) is 0.934. The third-order valence-corrected chi connectivity index (χ3v) is 1.62. The fraction of sp³-hybridized carbons (Fsp3) is 0.857. The van der Waals surface area contributed by atoms with Gasteiger partial charge in [0.15, 0.2) is 0 Å². The van der Waals surface area contributed by atoms with Gasteiger partial charge >= 0.3 is 6.18 Å². The molecule has 1 saturated heterocycles. The topological polar surface area (TPSA) is 38.3 Å². The Morgan fingerprint density at radius 3 is 2.23 bits per heavy atom. The van der Waals surface area contributed by atoms with Gasteiger partial charge in [0.05, 0.1) is 13.0 Å². The minimum absolute atomic E-state index is 0.101. The van der Waals surface area contributed by atoms with E-state index in [1.807, 2.05) is 0 Å². The largest absolute Gasteiger partial charge is 0.471 e. The average molecular weight is 199 g/mol. The van der Waals surface area contributed by atoms with Gasteiger partial charge in [-0.15, -0.1) is 0 Å². The summed E-state index contributed by atoms with van der Waals surface area (Å²) in [6.07, 6.45) is -3.74. The van der Waals surface area contributed by atoms with Crippen LogP contribution < -0.4 is 5.32 Å². The van der Waals surface area contributed by atoms with Gasteiger partial charge in [0.25, 0.3) is 6.47 Å². The van der Waals surface area contributed by atoms with Crippen LogP contribution in [0.5, 0.6) is 0 Å². The molecule has 1 unspecified atom stereocenters. The van der Waals surface area contributed by atoms with E-state index in [1.165, 1.54) is 7.11 Å². The van der Waals surface area contributed by atoms with Gasteiger partial charge in [-0.1, -0.05) is 0 Å². The van der Waals surface area contributed by atoms with Gasteiger partial charge < -0.3 is 10.1 Å². The third kappa shape index (κ3) is 5.46. The van der Waals surface area contributed by atoms with Crippen molar-refractivity contribution in [1.29, 1.82) is 0 Å². The summed E-state index contributed by atoms with van der Waals surface area (Å²) in [5.74, 6) is -1.10. The van der Waals surface area contributed by atoms with E-state index in [0.29, 0.717) is 13.0 Å². The van der Waals surface area contributed by atoms with Crippen molar-refractivity contribution in [2.75, 3.05) is 20.2 Å². The molecule has 1 rings (SSSR count). The Labute approximate surface area is 74.3 Å². The molecule has 0 spiro atoms. The fourth-order valence-corrected chi connectivity index (χ4v) is 0.934. The summed E-state index contributed by atoms with van der Waals surface area (Å²) in [6, 6.07) is 0. The van der Waals surface area contributed by atoms with Crippen LogP contribution in [0.3, 0.4) is 0 Å². The number of hydrogen-bond donors (Lipinski definition) is 1. The first kappa shape index (κ1) is 12.2. The highest BCUT2D eigenvalue weighted by Gasteiger charge is 2.40. The van der Waals surface area contributed by atoms with E-state index in [4.69, 9.17) is 4.79 Å². The molecule has 78 valence electrons. The Hall–Kier alpha value is -0.780. The molecule has 0 radical (unpaired) electrons. The highest BCUT2D eigenvalue weighted by Crippen LogP contribution is 2.29. The third-order valence-electron chi connectivity index (χ3n) is 1.62. The van der Waals surface area contributed by atoms with E-state index >= 15 is 0 Å². The zero-order chi connectivity index (χ0) is 10.3. The summed E-state index contributed by atoms with van der Waals surface area (Å²) in [7, 11) is 1.31. The second-order valence-corrected chi connectivity index (χ2v) is 2.56. The van der Waals surface area contributed by atoms with Gasteiger partial charge in [-0.2, -0.15) is 13.2 Å². The molecule has 1 fully saturated rings. The van der Waals surface area contributed by atoms with Crippen LogP contribution in [0.1, 0.15) is 6.42 Å². The van der Waals surface area contributed by atoms with Crippen molar-refractivity contribution in [1.82, 2.24) is 5.32 Å². The van der Waals surface area contributed by atoms with E-state index in [2.05, 4.69) is 10.1 Å². The van der Waals surface area contributed by atoms with Crippen LogP contribution in [0.4, 0.5) is 13.2 Å². The van der Waals surface area contributed by atoms with E-state index in [-0.39, 0.29) is 13.0 Å². The number of alkyl halides is 3. The van der Waals surface area contributed by atoms with Crippen LogP contribution in [0.15, 0.2) is 0 Å². The van der Waals surface area contributed by atoms with Crippen molar-refractivity contribution in [3.05, 3.63) is 0 Å². The van der Waals surface area contributed by atoms with Crippen molar-refractivity contribution in [2.24, 2.45) is 5.92 Å². The van der Waals surface area contributed by atoms with Crippen molar-refractivity contribution in [3.63, 3.8) is 0 Å². The predicted octanol–water partition coefficient (Wildman–Crippen LogP) is 0.947. The molecule has 1 aliphatic rings. The zero-order valence-electron chi connectivity index (χ0n) is 7.23. The van der Waals surface area contributed by atoms with Gasteiger partial charge in [0.2, 0.25) is 0 Å². The number of halogens is 3. The first-order valence-corrected chi connectivity index (χ1v) is 3.76. The van der Waals surface area contributed by atoms with Gasteiger partial charge in [-0.3, -0.25) is 4.79 Å².